The third-order valence-corrected chi connectivity index (χ3v) is 6.65. The Labute approximate surface area is 199 Å². The van der Waals surface area contributed by atoms with Crippen LogP contribution >= 0.6 is 0 Å². The number of carboxylic acids is 1. The lowest BCUT2D eigenvalue weighted by Gasteiger charge is -2.25. The summed E-state index contributed by atoms with van der Waals surface area (Å²) in [5.74, 6) is -1.79. The van der Waals surface area contributed by atoms with Crippen molar-refractivity contribution in [2.45, 2.75) is 24.8 Å². The molecule has 0 aromatic heterocycles. The van der Waals surface area contributed by atoms with Crippen LogP contribution in [0.2, 0.25) is 0 Å². The number of ether oxygens (including phenoxy) is 1. The van der Waals surface area contributed by atoms with Gasteiger partial charge in [0.2, 0.25) is 5.91 Å². The molecule has 180 valence electrons. The monoisotopic (exact) mass is 465 g/mol. The maximum absolute atomic E-state index is 13.1. The molecular formula is C26H31N3O5. The second kappa shape index (κ2) is 10.3. The van der Waals surface area contributed by atoms with Crippen molar-refractivity contribution in [3.8, 4) is 11.1 Å². The largest absolute Gasteiger partial charge is 0.481 e. The number of nitrogens with one attached hydrogen (secondary N) is 1. The van der Waals surface area contributed by atoms with E-state index in [1.165, 1.54) is 4.90 Å². The molecule has 1 fully saturated rings. The minimum absolute atomic E-state index is 0.0658. The fourth-order valence-corrected chi connectivity index (χ4v) is 4.81. The zero-order valence-corrected chi connectivity index (χ0v) is 19.6. The van der Waals surface area contributed by atoms with Gasteiger partial charge in [-0.1, -0.05) is 48.5 Å². The number of carbonyl (C=O) groups is 3. The Kier molecular flexibility index (Phi) is 7.17. The fourth-order valence-electron chi connectivity index (χ4n) is 4.81. The van der Waals surface area contributed by atoms with Crippen LogP contribution in [0.25, 0.3) is 11.1 Å². The molecular weight excluding hydrogens is 434 g/mol. The van der Waals surface area contributed by atoms with Crippen LogP contribution in [0.1, 0.15) is 29.9 Å². The van der Waals surface area contributed by atoms with Crippen molar-refractivity contribution in [1.82, 2.24) is 15.1 Å². The van der Waals surface area contributed by atoms with Gasteiger partial charge in [-0.3, -0.25) is 9.59 Å². The molecule has 0 radical (unpaired) electrons. The molecule has 2 N–H and O–H groups in total. The molecule has 2 aromatic carbocycles. The summed E-state index contributed by atoms with van der Waals surface area (Å²) in [6, 6.07) is 15.4. The van der Waals surface area contributed by atoms with E-state index in [0.717, 1.165) is 22.3 Å². The molecule has 8 nitrogen and oxygen atoms in total. The van der Waals surface area contributed by atoms with E-state index in [1.807, 2.05) is 43.3 Å². The van der Waals surface area contributed by atoms with Crippen LogP contribution in [0.4, 0.5) is 4.79 Å². The maximum Gasteiger partial charge on any atom is 0.407 e. The first-order chi connectivity index (χ1) is 16.3. The molecule has 0 spiro atoms. The van der Waals surface area contributed by atoms with Crippen LogP contribution in [0, 0.1) is 5.92 Å². The Morgan fingerprint density at radius 3 is 2.26 bits per heavy atom. The topological polar surface area (TPSA) is 99.2 Å². The molecule has 34 heavy (non-hydrogen) atoms. The fraction of sp³-hybridized carbons (Fsp3) is 0.423. The highest BCUT2D eigenvalue weighted by Gasteiger charge is 2.35. The standard InChI is InChI=1S/C26H31N3O5/c1-28(2)13-12-23(24(30)29-14-11-17(15-29)25(31)32)27-26(33)34-16-22-20-9-5-3-7-18(20)19-8-4-6-10-21(19)22/h3-10,17,22-23H,11-16H2,1-2H3,(H,27,33)(H,31,32). The summed E-state index contributed by atoms with van der Waals surface area (Å²) in [7, 11) is 3.79. The Morgan fingerprint density at radius 2 is 1.71 bits per heavy atom. The number of amides is 2. The zero-order chi connectivity index (χ0) is 24.2. The Bertz CT molecular complexity index is 1020. The van der Waals surface area contributed by atoms with E-state index < -0.39 is 24.0 Å². The lowest BCUT2D eigenvalue weighted by molar-refractivity contribution is -0.141. The normalized spacial score (nSPS) is 17.9. The predicted octanol–water partition coefficient (Wildman–Crippen LogP) is 2.78. The summed E-state index contributed by atoms with van der Waals surface area (Å²) in [5, 5.41) is 12.0. The number of hydrogen-bond acceptors (Lipinski definition) is 5. The van der Waals surface area contributed by atoms with Gasteiger partial charge < -0.3 is 25.0 Å². The highest BCUT2D eigenvalue weighted by molar-refractivity contribution is 5.87. The average molecular weight is 466 g/mol. The van der Waals surface area contributed by atoms with Gasteiger partial charge in [0.05, 0.1) is 5.92 Å². The lowest BCUT2D eigenvalue weighted by atomic mass is 9.98. The molecule has 4 rings (SSSR count). The van der Waals surface area contributed by atoms with Crippen molar-refractivity contribution in [2.75, 3.05) is 40.3 Å². The SMILES string of the molecule is CN(C)CCC(NC(=O)OCC1c2ccccc2-c2ccccc21)C(=O)N1CCC(C(=O)O)C1. The number of aliphatic carboxylic acids is 1. The molecule has 0 saturated carbocycles. The van der Waals surface area contributed by atoms with Crippen molar-refractivity contribution in [1.29, 1.82) is 0 Å². The molecule has 1 heterocycles. The highest BCUT2D eigenvalue weighted by atomic mass is 16.5. The van der Waals surface area contributed by atoms with Gasteiger partial charge in [0.25, 0.3) is 0 Å². The van der Waals surface area contributed by atoms with Gasteiger partial charge in [0.1, 0.15) is 12.6 Å². The molecule has 1 saturated heterocycles. The molecule has 0 bridgehead atoms. The summed E-state index contributed by atoms with van der Waals surface area (Å²) in [6.45, 7) is 1.30. The van der Waals surface area contributed by atoms with Crippen LogP contribution in [0.15, 0.2) is 48.5 Å². The smallest absolute Gasteiger partial charge is 0.407 e. The number of benzene rings is 2. The summed E-state index contributed by atoms with van der Waals surface area (Å²) in [5.41, 5.74) is 4.53. The third kappa shape index (κ3) is 5.07. The van der Waals surface area contributed by atoms with Gasteiger partial charge in [0.15, 0.2) is 0 Å². The molecule has 1 aliphatic carbocycles. The predicted molar refractivity (Wildman–Crippen MR) is 127 cm³/mol. The van der Waals surface area contributed by atoms with Crippen molar-refractivity contribution in [2.24, 2.45) is 5.92 Å². The Morgan fingerprint density at radius 1 is 1.09 bits per heavy atom. The summed E-state index contributed by atoms with van der Waals surface area (Å²) < 4.78 is 5.62. The summed E-state index contributed by atoms with van der Waals surface area (Å²) >= 11 is 0. The lowest BCUT2D eigenvalue weighted by Crippen LogP contribution is -2.49. The first kappa shape index (κ1) is 23.8. The second-order valence-corrected chi connectivity index (χ2v) is 9.22. The maximum atomic E-state index is 13.1. The van der Waals surface area contributed by atoms with E-state index >= 15 is 0 Å². The quantitative estimate of drug-likeness (QED) is 0.622. The molecule has 8 heteroatoms. The van der Waals surface area contributed by atoms with Crippen LogP contribution < -0.4 is 5.32 Å². The number of fused-ring (bicyclic) bond motifs is 3. The van der Waals surface area contributed by atoms with E-state index in [1.54, 1.807) is 0 Å². The summed E-state index contributed by atoms with van der Waals surface area (Å²) in [6.07, 6.45) is 0.185. The highest BCUT2D eigenvalue weighted by Crippen LogP contribution is 2.44. The number of likely N-dealkylation sites (tertiary alicyclic amines) is 1. The number of carbonyl (C=O) groups excluding carboxylic acids is 2. The number of alkyl carbamates (subject to hydrolysis) is 1. The van der Waals surface area contributed by atoms with Crippen molar-refractivity contribution >= 4 is 18.0 Å². The van der Waals surface area contributed by atoms with Crippen LogP contribution in [0.3, 0.4) is 0 Å². The van der Waals surface area contributed by atoms with Gasteiger partial charge >= 0.3 is 12.1 Å². The minimum Gasteiger partial charge on any atom is -0.481 e. The molecule has 2 amide bonds. The molecule has 2 aliphatic rings. The van der Waals surface area contributed by atoms with Gasteiger partial charge in [-0.2, -0.15) is 0 Å². The zero-order valence-electron chi connectivity index (χ0n) is 19.6. The van der Waals surface area contributed by atoms with Gasteiger partial charge in [0, 0.05) is 19.0 Å². The van der Waals surface area contributed by atoms with Gasteiger partial charge in [-0.05, 0) is 55.7 Å². The first-order valence-corrected chi connectivity index (χ1v) is 11.6. The van der Waals surface area contributed by atoms with Gasteiger partial charge in [-0.25, -0.2) is 4.79 Å². The van der Waals surface area contributed by atoms with Crippen molar-refractivity contribution in [3.63, 3.8) is 0 Å². The van der Waals surface area contributed by atoms with Crippen LogP contribution in [-0.4, -0.2) is 79.3 Å². The van der Waals surface area contributed by atoms with Crippen LogP contribution in [-0.2, 0) is 14.3 Å². The van der Waals surface area contributed by atoms with E-state index in [2.05, 4.69) is 29.6 Å². The number of hydrogen-bond donors (Lipinski definition) is 2. The minimum atomic E-state index is -0.898. The average Bonchev–Trinajstić information content (AvgIpc) is 3.44. The van der Waals surface area contributed by atoms with E-state index in [0.29, 0.717) is 25.9 Å². The number of nitrogens with zero attached hydrogens (tertiary/aromatic N) is 2. The van der Waals surface area contributed by atoms with Crippen molar-refractivity contribution in [3.05, 3.63) is 59.7 Å². The van der Waals surface area contributed by atoms with Crippen molar-refractivity contribution < 1.29 is 24.2 Å². The number of carboxylic acid groups (broad SMARTS) is 1. The van der Waals surface area contributed by atoms with E-state index in [4.69, 9.17) is 4.74 Å². The Hall–Kier alpha value is -3.39. The van der Waals surface area contributed by atoms with Crippen LogP contribution in [0.5, 0.6) is 0 Å². The molecule has 1 aliphatic heterocycles. The summed E-state index contributed by atoms with van der Waals surface area (Å²) in [4.78, 5) is 40.6. The van der Waals surface area contributed by atoms with E-state index in [9.17, 15) is 19.5 Å². The van der Waals surface area contributed by atoms with E-state index in [-0.39, 0.29) is 25.0 Å². The first-order valence-electron chi connectivity index (χ1n) is 11.6. The molecule has 2 unspecified atom stereocenters. The molecule has 2 aromatic rings. The number of rotatable bonds is 8. The molecule has 2 atom stereocenters. The second-order valence-electron chi connectivity index (χ2n) is 9.22. The Balaban J connectivity index is 1.41. The van der Waals surface area contributed by atoms with Gasteiger partial charge in [-0.15, -0.1) is 0 Å². The third-order valence-electron chi connectivity index (χ3n) is 6.65.